The molecule has 0 radical (unpaired) electrons. The Kier molecular flexibility index (Phi) is 2.80. The Labute approximate surface area is 101 Å². The van der Waals surface area contributed by atoms with Gasteiger partial charge in [0.15, 0.2) is 11.3 Å². The first-order valence-electron chi connectivity index (χ1n) is 4.34. The predicted molar refractivity (Wildman–Crippen MR) is 50.9 cm³/mol. The molecule has 2 rings (SSSR count). The highest BCUT2D eigenvalue weighted by Gasteiger charge is 2.34. The molecule has 0 saturated heterocycles. The van der Waals surface area contributed by atoms with Crippen LogP contribution in [-0.4, -0.2) is 34.9 Å². The molecule has 0 unspecified atom stereocenters. The zero-order valence-electron chi connectivity index (χ0n) is 8.68. The molecule has 0 bridgehead atoms. The largest absolute Gasteiger partial charge is 0.721 e. The van der Waals surface area contributed by atoms with Crippen LogP contribution in [-0.2, 0) is 0 Å². The molecule has 0 N–H and O–H groups in total. The van der Waals surface area contributed by atoms with Gasteiger partial charge < -0.3 is 15.3 Å². The molecule has 0 aliphatic heterocycles. The highest BCUT2D eigenvalue weighted by Crippen LogP contribution is 2.24. The number of nitrogens with zero attached hydrogens (tertiary/aromatic N) is 8. The van der Waals surface area contributed by atoms with Crippen molar-refractivity contribution in [2.45, 2.75) is 0 Å². The molecule has 0 atom stereocenters. The van der Waals surface area contributed by atoms with Gasteiger partial charge in [-0.1, -0.05) is 0 Å². The van der Waals surface area contributed by atoms with Gasteiger partial charge in [-0.25, -0.2) is 0 Å². The molecule has 19 heavy (non-hydrogen) atoms. The molecule has 0 spiro atoms. The monoisotopic (exact) mass is 270 g/mol. The maximum absolute atomic E-state index is 11.3. The Balaban J connectivity index is 2.42. The van der Waals surface area contributed by atoms with Crippen LogP contribution in [0.3, 0.4) is 0 Å². The van der Waals surface area contributed by atoms with Crippen molar-refractivity contribution in [3.8, 4) is 0 Å². The lowest BCUT2D eigenvalue weighted by atomic mass is 10.5. The highest BCUT2D eigenvalue weighted by molar-refractivity contribution is 5.44. The van der Waals surface area contributed by atoms with Crippen LogP contribution in [0.25, 0.3) is 0 Å². The Bertz CT molecular complexity index is 626. The summed E-state index contributed by atoms with van der Waals surface area (Å²) in [7, 11) is 0. The molecule has 14 heteroatoms. The molecule has 0 fully saturated rings. The molecule has 2 heterocycles. The van der Waals surface area contributed by atoms with Gasteiger partial charge in [-0.3, -0.25) is 10.1 Å². The fourth-order valence-electron chi connectivity index (χ4n) is 1.02. The summed E-state index contributed by atoms with van der Waals surface area (Å²) in [4.78, 5) is 19.2. The van der Waals surface area contributed by atoms with Gasteiger partial charge in [0.05, 0.1) is 14.9 Å². The second kappa shape index (κ2) is 4.43. The third kappa shape index (κ3) is 2.30. The van der Waals surface area contributed by atoms with E-state index in [0.717, 1.165) is 6.20 Å². The van der Waals surface area contributed by atoms with Crippen LogP contribution in [0.15, 0.2) is 22.2 Å². The average molecular weight is 270 g/mol. The van der Waals surface area contributed by atoms with Crippen molar-refractivity contribution >= 4 is 17.3 Å². The summed E-state index contributed by atoms with van der Waals surface area (Å²) in [5.74, 6) is -1.40. The Morgan fingerprint density at radius 2 is 2.00 bits per heavy atom. The molecule has 14 nitrogen and oxygen atoms in total. The van der Waals surface area contributed by atoms with E-state index in [1.165, 1.54) is 0 Å². The van der Waals surface area contributed by atoms with Gasteiger partial charge in [-0.15, -0.1) is 4.86 Å². The van der Waals surface area contributed by atoms with E-state index in [4.69, 9.17) is 0 Å². The lowest BCUT2D eigenvalue weighted by Crippen LogP contribution is -1.99. The first-order chi connectivity index (χ1) is 8.99. The zero-order valence-corrected chi connectivity index (χ0v) is 8.68. The number of hydrogen-bond acceptors (Lipinski definition) is 10. The van der Waals surface area contributed by atoms with Crippen LogP contribution >= 0.6 is 0 Å². The summed E-state index contributed by atoms with van der Waals surface area (Å²) < 4.78 is 4.13. The van der Waals surface area contributed by atoms with E-state index in [0.29, 0.717) is 11.0 Å². The maximum Gasteiger partial charge on any atom is 0.487 e. The van der Waals surface area contributed by atoms with Gasteiger partial charge in [-0.05, 0) is 10.1 Å². The Morgan fingerprint density at radius 3 is 2.47 bits per heavy atom. The minimum absolute atomic E-state index is 0.128. The van der Waals surface area contributed by atoms with Gasteiger partial charge in [0.2, 0.25) is 6.20 Å². The van der Waals surface area contributed by atoms with E-state index < -0.39 is 21.4 Å². The number of aromatic nitrogens is 4. The molecular formula is C5H2N8O6. The van der Waals surface area contributed by atoms with Crippen LogP contribution in [0.4, 0.5) is 17.3 Å². The van der Waals surface area contributed by atoms with Crippen molar-refractivity contribution in [1.29, 1.82) is 0 Å². The van der Waals surface area contributed by atoms with Crippen LogP contribution in [0.5, 0.6) is 0 Å². The number of rotatable bonds is 4. The predicted octanol–water partition coefficient (Wildman–Crippen LogP) is 0.140. The number of nitro groups is 2. The summed E-state index contributed by atoms with van der Waals surface area (Å²) in [5, 5.41) is 45.0. The second-order valence-corrected chi connectivity index (χ2v) is 2.90. The molecule has 0 aromatic carbocycles. The van der Waals surface area contributed by atoms with Crippen molar-refractivity contribution in [3.05, 3.63) is 37.8 Å². The van der Waals surface area contributed by atoms with E-state index in [-0.39, 0.29) is 10.7 Å². The minimum atomic E-state index is -1.07. The molecule has 0 aliphatic rings. The third-order valence-corrected chi connectivity index (χ3v) is 1.75. The summed E-state index contributed by atoms with van der Waals surface area (Å²) >= 11 is 0. The smallest absolute Gasteiger partial charge is 0.487 e. The lowest BCUT2D eigenvalue weighted by molar-refractivity contribution is -0.454. The van der Waals surface area contributed by atoms with Crippen molar-refractivity contribution in [3.63, 3.8) is 0 Å². The summed E-state index contributed by atoms with van der Waals surface area (Å²) in [6.45, 7) is 0. The Hall–Kier alpha value is -3.45. The molecule has 98 valence electrons. The molecule has 0 saturated carbocycles. The first kappa shape index (κ1) is 12.0. The van der Waals surface area contributed by atoms with E-state index >= 15 is 0 Å². The summed E-state index contributed by atoms with van der Waals surface area (Å²) in [6.07, 6.45) is 1.53. The highest BCUT2D eigenvalue weighted by atomic mass is 16.6. The molecule has 2 aromatic rings. The van der Waals surface area contributed by atoms with Gasteiger partial charge in [0.1, 0.15) is 5.16 Å². The summed E-state index contributed by atoms with van der Waals surface area (Å²) in [6, 6.07) is 0. The van der Waals surface area contributed by atoms with Crippen molar-refractivity contribution in [1.82, 2.24) is 20.2 Å². The van der Waals surface area contributed by atoms with E-state index in [2.05, 4.69) is 25.3 Å². The van der Waals surface area contributed by atoms with Crippen LogP contribution in [0.1, 0.15) is 0 Å². The maximum atomic E-state index is 11.3. The van der Waals surface area contributed by atoms with E-state index in [1.807, 2.05) is 0 Å². The number of hydrogen-bond donors (Lipinski definition) is 0. The van der Waals surface area contributed by atoms with E-state index in [1.54, 1.807) is 0 Å². The minimum Gasteiger partial charge on any atom is -0.721 e. The van der Waals surface area contributed by atoms with Crippen LogP contribution < -0.4 is 0 Å². The van der Waals surface area contributed by atoms with Crippen LogP contribution in [0.2, 0.25) is 0 Å². The molecule has 2 aromatic heterocycles. The van der Waals surface area contributed by atoms with E-state index in [9.17, 15) is 25.4 Å². The molecule has 0 aliphatic carbocycles. The van der Waals surface area contributed by atoms with Crippen molar-refractivity contribution < 1.29 is 19.3 Å². The summed E-state index contributed by atoms with van der Waals surface area (Å²) in [5.41, 5.74) is -0.902. The standard InChI is InChI=1S/C5H2N8O6/c14-11(4-1-6-19-8-4)9-10-2-3(12(15)16)5(7-10)13(17)18/h1-2H. The van der Waals surface area contributed by atoms with Crippen molar-refractivity contribution in [2.75, 3.05) is 0 Å². The fraction of sp³-hybridized carbons (Fsp3) is 0. The fourth-order valence-corrected chi connectivity index (χ4v) is 1.02. The third-order valence-electron chi connectivity index (χ3n) is 1.75. The van der Waals surface area contributed by atoms with Gasteiger partial charge in [0, 0.05) is 0 Å². The SMILES string of the molecule is O=[N+]([O-])c1cn(N=[N+]([O-])c2cnon2)nc1[N+](=O)[O-]. The average Bonchev–Trinajstić information content (AvgIpc) is 2.97. The van der Waals surface area contributed by atoms with Gasteiger partial charge in [-0.2, -0.15) is 4.63 Å². The van der Waals surface area contributed by atoms with Gasteiger partial charge in [0.25, 0.3) is 0 Å². The quantitative estimate of drug-likeness (QED) is 0.322. The first-order valence-corrected chi connectivity index (χ1v) is 4.34. The molecule has 0 amide bonds. The normalized spacial score (nSPS) is 11.5. The lowest BCUT2D eigenvalue weighted by Gasteiger charge is -1.96. The molecular weight excluding hydrogens is 268 g/mol. The topological polar surface area (TPSA) is 181 Å². The Morgan fingerprint density at radius 1 is 1.26 bits per heavy atom. The van der Waals surface area contributed by atoms with Gasteiger partial charge >= 0.3 is 17.3 Å². The second-order valence-electron chi connectivity index (χ2n) is 2.90. The van der Waals surface area contributed by atoms with Crippen LogP contribution in [0, 0.1) is 25.4 Å². The van der Waals surface area contributed by atoms with Crippen molar-refractivity contribution in [2.24, 2.45) is 5.22 Å². The zero-order chi connectivity index (χ0) is 14.0.